The summed E-state index contributed by atoms with van der Waals surface area (Å²) in [6.07, 6.45) is -3.54. The first-order valence-corrected chi connectivity index (χ1v) is 9.21. The number of hydrogen-bond acceptors (Lipinski definition) is 10. The molecule has 1 aromatic carbocycles. The van der Waals surface area contributed by atoms with Gasteiger partial charge in [-0.05, 0) is 17.7 Å². The summed E-state index contributed by atoms with van der Waals surface area (Å²) in [5.74, 6) is -0.162. The minimum Gasteiger partial charge on any atom is -0.394 e. The van der Waals surface area contributed by atoms with Crippen molar-refractivity contribution in [3.8, 4) is 0 Å². The molecule has 0 spiro atoms. The molecule has 0 aliphatic carbocycles. The number of aromatic amines is 1. The molecule has 1 aliphatic rings. The molecule has 7 N–H and O–H groups in total. The van der Waals surface area contributed by atoms with Crippen molar-refractivity contribution in [1.29, 1.82) is 0 Å². The highest BCUT2D eigenvalue weighted by atomic mass is 35.5. The first-order chi connectivity index (χ1) is 14.4. The first kappa shape index (κ1) is 20.3. The third-order valence-electron chi connectivity index (χ3n) is 4.59. The monoisotopic (exact) mass is 435 g/mol. The summed E-state index contributed by atoms with van der Waals surface area (Å²) < 4.78 is 6.81. The molecule has 3 heterocycles. The van der Waals surface area contributed by atoms with Gasteiger partial charge in [-0.25, -0.2) is 10.4 Å². The fraction of sp³-hybridized carbons (Fsp3) is 0.294. The second kappa shape index (κ2) is 8.01. The zero-order valence-electron chi connectivity index (χ0n) is 15.3. The van der Waals surface area contributed by atoms with Crippen LogP contribution in [0.4, 0.5) is 11.9 Å². The van der Waals surface area contributed by atoms with E-state index >= 15 is 0 Å². The average Bonchev–Trinajstić information content (AvgIpc) is 3.21. The van der Waals surface area contributed by atoms with E-state index < -0.39 is 36.7 Å². The number of halogens is 1. The Bertz CT molecular complexity index is 1150. The third-order valence-corrected chi connectivity index (χ3v) is 4.84. The highest BCUT2D eigenvalue weighted by Crippen LogP contribution is 2.33. The quantitative estimate of drug-likeness (QED) is 0.225. The van der Waals surface area contributed by atoms with E-state index in [0.29, 0.717) is 5.02 Å². The number of nitrogens with one attached hydrogen (secondary N) is 2. The van der Waals surface area contributed by atoms with Crippen LogP contribution in [0.5, 0.6) is 0 Å². The Kier molecular flexibility index (Phi) is 5.40. The summed E-state index contributed by atoms with van der Waals surface area (Å²) in [5.41, 5.74) is 8.39. The molecular weight excluding hydrogens is 418 g/mol. The molecule has 158 valence electrons. The third kappa shape index (κ3) is 3.62. The number of rotatable bonds is 5. The lowest BCUT2D eigenvalue weighted by Crippen LogP contribution is -2.33. The fourth-order valence-electron chi connectivity index (χ4n) is 3.13. The normalized spacial score (nSPS) is 24.1. The Labute approximate surface area is 173 Å². The summed E-state index contributed by atoms with van der Waals surface area (Å²) in [6, 6.07) is 6.89. The summed E-state index contributed by atoms with van der Waals surface area (Å²) in [4.78, 5) is 22.8. The number of hydrazone groups is 1. The summed E-state index contributed by atoms with van der Waals surface area (Å²) in [6.45, 7) is -0.519. The van der Waals surface area contributed by atoms with Crippen LogP contribution < -0.4 is 16.7 Å². The van der Waals surface area contributed by atoms with E-state index in [1.54, 1.807) is 24.3 Å². The molecule has 1 aliphatic heterocycles. The van der Waals surface area contributed by atoms with Crippen LogP contribution in [0.25, 0.3) is 11.2 Å². The number of anilines is 2. The molecule has 4 rings (SSSR count). The van der Waals surface area contributed by atoms with Crippen molar-refractivity contribution in [1.82, 2.24) is 19.5 Å². The van der Waals surface area contributed by atoms with Crippen molar-refractivity contribution in [2.45, 2.75) is 24.5 Å². The Morgan fingerprint density at radius 1 is 1.30 bits per heavy atom. The van der Waals surface area contributed by atoms with Gasteiger partial charge in [0.05, 0.1) is 12.8 Å². The Hall–Kier alpha value is -3.03. The zero-order valence-corrected chi connectivity index (χ0v) is 16.1. The standard InChI is InChI=1S/C17H18ClN7O5/c18-8-3-1-7(2-4-8)5-20-24-17-21-10-13(22-16(19)23-14(10)29)25(17)15-12(28)11(27)9(6-26)30-15/h1-5,9,11-12,15,26-28H,6H2,(H,21,24)(H3,19,22,23,29)/b20-5-/t9-,11+,12-,15-/m1/s1. The van der Waals surface area contributed by atoms with Gasteiger partial charge in [-0.3, -0.25) is 14.3 Å². The Morgan fingerprint density at radius 2 is 2.03 bits per heavy atom. The Balaban J connectivity index is 1.75. The predicted molar refractivity (Wildman–Crippen MR) is 108 cm³/mol. The van der Waals surface area contributed by atoms with Gasteiger partial charge in [0.2, 0.25) is 11.9 Å². The number of aromatic nitrogens is 4. The van der Waals surface area contributed by atoms with E-state index in [1.807, 2.05) is 0 Å². The second-order valence-corrected chi connectivity index (χ2v) is 7.02. The van der Waals surface area contributed by atoms with E-state index in [2.05, 4.69) is 25.5 Å². The van der Waals surface area contributed by atoms with Crippen LogP contribution in [0.2, 0.25) is 5.02 Å². The van der Waals surface area contributed by atoms with E-state index in [9.17, 15) is 20.1 Å². The average molecular weight is 436 g/mol. The van der Waals surface area contributed by atoms with Gasteiger partial charge in [0.1, 0.15) is 18.3 Å². The number of hydrogen-bond donors (Lipinski definition) is 6. The Morgan fingerprint density at radius 3 is 2.70 bits per heavy atom. The number of aliphatic hydroxyl groups excluding tert-OH is 3. The van der Waals surface area contributed by atoms with Crippen molar-refractivity contribution >= 4 is 40.9 Å². The molecule has 4 atom stereocenters. The number of nitrogen functional groups attached to an aromatic ring is 1. The first-order valence-electron chi connectivity index (χ1n) is 8.84. The van der Waals surface area contributed by atoms with Gasteiger partial charge in [0, 0.05) is 5.02 Å². The molecule has 12 nitrogen and oxygen atoms in total. The maximum Gasteiger partial charge on any atom is 0.280 e. The second-order valence-electron chi connectivity index (χ2n) is 6.58. The van der Waals surface area contributed by atoms with Gasteiger partial charge >= 0.3 is 0 Å². The molecule has 13 heteroatoms. The number of fused-ring (bicyclic) bond motifs is 1. The van der Waals surface area contributed by atoms with Crippen LogP contribution in [0, 0.1) is 0 Å². The van der Waals surface area contributed by atoms with Gasteiger partial charge in [-0.2, -0.15) is 10.1 Å². The van der Waals surface area contributed by atoms with Crippen LogP contribution in [-0.2, 0) is 4.74 Å². The van der Waals surface area contributed by atoms with Gasteiger partial charge < -0.3 is 25.8 Å². The number of H-pyrrole nitrogens is 1. The van der Waals surface area contributed by atoms with Crippen LogP contribution in [0.3, 0.4) is 0 Å². The van der Waals surface area contributed by atoms with Crippen molar-refractivity contribution < 1.29 is 20.1 Å². The topological polar surface area (TPSA) is 184 Å². The zero-order chi connectivity index (χ0) is 21.4. The highest BCUT2D eigenvalue weighted by molar-refractivity contribution is 6.30. The number of ether oxygens (including phenoxy) is 1. The summed E-state index contributed by atoms with van der Waals surface area (Å²) in [7, 11) is 0. The molecule has 1 saturated heterocycles. The molecular formula is C17H18ClN7O5. The predicted octanol–water partition coefficient (Wildman–Crippen LogP) is -0.587. The SMILES string of the molecule is Nc1nc2c(nc(N/N=C\c3ccc(Cl)cc3)n2[C@@H]2O[C@H](CO)[C@H](O)[C@H]2O)c(=O)[nH]1. The van der Waals surface area contributed by atoms with Crippen molar-refractivity contribution in [2.24, 2.45) is 5.10 Å². The molecule has 30 heavy (non-hydrogen) atoms. The molecule has 0 bridgehead atoms. The molecule has 1 fully saturated rings. The van der Waals surface area contributed by atoms with E-state index in [0.717, 1.165) is 5.56 Å². The van der Waals surface area contributed by atoms with E-state index in [1.165, 1.54) is 10.8 Å². The van der Waals surface area contributed by atoms with Crippen LogP contribution in [0.1, 0.15) is 11.8 Å². The van der Waals surface area contributed by atoms with Gasteiger partial charge in [-0.15, -0.1) is 0 Å². The molecule has 2 aromatic heterocycles. The number of aliphatic hydroxyl groups is 3. The fourth-order valence-corrected chi connectivity index (χ4v) is 3.25. The smallest absolute Gasteiger partial charge is 0.280 e. The molecule has 0 amide bonds. The molecule has 0 radical (unpaired) electrons. The number of nitrogens with zero attached hydrogens (tertiary/aromatic N) is 4. The van der Waals surface area contributed by atoms with Crippen molar-refractivity contribution in [3.63, 3.8) is 0 Å². The molecule has 0 saturated carbocycles. The minimum absolute atomic E-state index is 0.00801. The van der Waals surface area contributed by atoms with E-state index in [-0.39, 0.29) is 23.1 Å². The van der Waals surface area contributed by atoms with Crippen LogP contribution >= 0.6 is 11.6 Å². The summed E-state index contributed by atoms with van der Waals surface area (Å²) in [5, 5.41) is 34.6. The lowest BCUT2D eigenvalue weighted by molar-refractivity contribution is -0.0501. The lowest BCUT2D eigenvalue weighted by Gasteiger charge is -2.18. The largest absolute Gasteiger partial charge is 0.394 e. The number of benzene rings is 1. The van der Waals surface area contributed by atoms with Crippen molar-refractivity contribution in [2.75, 3.05) is 17.8 Å². The number of imidazole rings is 1. The van der Waals surface area contributed by atoms with Crippen LogP contribution in [-0.4, -0.2) is 66.0 Å². The lowest BCUT2D eigenvalue weighted by atomic mass is 10.1. The summed E-state index contributed by atoms with van der Waals surface area (Å²) >= 11 is 5.86. The molecule has 0 unspecified atom stereocenters. The minimum atomic E-state index is -1.43. The molecule has 3 aromatic rings. The highest BCUT2D eigenvalue weighted by Gasteiger charge is 2.45. The van der Waals surface area contributed by atoms with Gasteiger partial charge in [0.25, 0.3) is 5.56 Å². The van der Waals surface area contributed by atoms with E-state index in [4.69, 9.17) is 22.1 Å². The van der Waals surface area contributed by atoms with Gasteiger partial charge in [-0.1, -0.05) is 23.7 Å². The maximum absolute atomic E-state index is 12.3. The van der Waals surface area contributed by atoms with Crippen molar-refractivity contribution in [3.05, 3.63) is 45.2 Å². The number of nitrogens with two attached hydrogens (primary N) is 1. The van der Waals surface area contributed by atoms with Crippen LogP contribution in [0.15, 0.2) is 34.2 Å². The van der Waals surface area contributed by atoms with Gasteiger partial charge in [0.15, 0.2) is 17.4 Å². The maximum atomic E-state index is 12.3.